The van der Waals surface area contributed by atoms with E-state index in [4.69, 9.17) is 9.72 Å². The minimum absolute atomic E-state index is 0.00650. The first-order valence-electron chi connectivity index (χ1n) is 23.0. The van der Waals surface area contributed by atoms with Gasteiger partial charge in [-0.05, 0) is 104 Å². The maximum atomic E-state index is 14.7. The average Bonchev–Trinajstić information content (AvgIpc) is 4.09. The number of aromatic hydroxyl groups is 1. The summed E-state index contributed by atoms with van der Waals surface area (Å²) in [5.41, 5.74) is 10.0. The van der Waals surface area contributed by atoms with Gasteiger partial charge in [-0.3, -0.25) is 34.0 Å². The van der Waals surface area contributed by atoms with Crippen LogP contribution in [0.5, 0.6) is 5.75 Å². The molecule has 5 atom stereocenters. The Labute approximate surface area is 382 Å². The molecule has 348 valence electrons. The maximum absolute atomic E-state index is 14.7. The van der Waals surface area contributed by atoms with Crippen molar-refractivity contribution in [2.45, 2.75) is 124 Å². The number of carbonyl (C=O) groups excluding carboxylic acids is 5. The number of esters is 1. The molecule has 15 nitrogen and oxygen atoms in total. The molecule has 7 rings (SSSR count). The van der Waals surface area contributed by atoms with Crippen molar-refractivity contribution >= 4 is 40.5 Å². The molecule has 2 fully saturated rings. The number of hydrogen-bond donors (Lipinski definition) is 4. The number of phenols is 1. The molecule has 2 aromatic carbocycles. The minimum Gasteiger partial charge on any atom is -0.508 e. The number of phenolic OH excluding ortho intramolecular Hbond substituents is 1. The van der Waals surface area contributed by atoms with Crippen molar-refractivity contribution in [1.82, 2.24) is 40.4 Å². The van der Waals surface area contributed by atoms with Gasteiger partial charge in [0.25, 0.3) is 5.91 Å². The van der Waals surface area contributed by atoms with Crippen LogP contribution in [0, 0.1) is 11.3 Å². The van der Waals surface area contributed by atoms with Gasteiger partial charge in [0.05, 0.1) is 24.0 Å². The molecule has 0 unspecified atom stereocenters. The number of cyclic esters (lactones) is 1. The van der Waals surface area contributed by atoms with Gasteiger partial charge >= 0.3 is 5.97 Å². The number of amides is 4. The highest BCUT2D eigenvalue weighted by Crippen LogP contribution is 2.42. The first-order valence-corrected chi connectivity index (χ1v) is 23.0. The van der Waals surface area contributed by atoms with Gasteiger partial charge in [0.15, 0.2) is 0 Å². The monoisotopic (exact) mass is 891 g/mol. The fourth-order valence-electron chi connectivity index (χ4n) is 9.54. The minimum atomic E-state index is -1.17. The van der Waals surface area contributed by atoms with Crippen LogP contribution in [0.4, 0.5) is 0 Å². The highest BCUT2D eigenvalue weighted by molar-refractivity contribution is 5.97. The largest absolute Gasteiger partial charge is 0.508 e. The number of ether oxygens (including phenoxy) is 1. The van der Waals surface area contributed by atoms with Gasteiger partial charge < -0.3 is 34.8 Å². The predicted molar refractivity (Wildman–Crippen MR) is 249 cm³/mol. The topological polar surface area (TPSA) is 188 Å². The Hall–Kier alpha value is -5.80. The Balaban J connectivity index is 1.31. The second kappa shape index (κ2) is 19.0. The number of hydrogen-bond acceptors (Lipinski definition) is 10. The van der Waals surface area contributed by atoms with E-state index in [9.17, 15) is 29.1 Å². The number of likely N-dealkylation sites (N-methyl/N-ethyl adjacent to an activating group) is 2. The van der Waals surface area contributed by atoms with E-state index < -0.39 is 53.3 Å². The molecule has 0 aliphatic carbocycles. The first kappa shape index (κ1) is 47.2. The summed E-state index contributed by atoms with van der Waals surface area (Å²) in [5.74, 6) is -2.35. The molecule has 0 spiro atoms. The van der Waals surface area contributed by atoms with Gasteiger partial charge in [0.2, 0.25) is 17.7 Å². The molecule has 0 radical (unpaired) electrons. The van der Waals surface area contributed by atoms with Crippen LogP contribution < -0.4 is 16.1 Å². The average molecular weight is 891 g/mol. The van der Waals surface area contributed by atoms with E-state index in [0.717, 1.165) is 44.5 Å². The molecule has 2 saturated heterocycles. The Morgan fingerprint density at radius 3 is 2.43 bits per heavy atom. The summed E-state index contributed by atoms with van der Waals surface area (Å²) in [4.78, 5) is 77.4. The molecule has 3 aliphatic rings. The van der Waals surface area contributed by atoms with Gasteiger partial charge in [-0.15, -0.1) is 0 Å². The third-order valence-electron chi connectivity index (χ3n) is 13.1. The summed E-state index contributed by atoms with van der Waals surface area (Å²) in [5, 5.41) is 19.7. The number of pyridine rings is 1. The van der Waals surface area contributed by atoms with Crippen LogP contribution in [-0.2, 0) is 48.1 Å². The molecular formula is C50H66N8O7. The summed E-state index contributed by atoms with van der Waals surface area (Å²) in [6.45, 7) is 17.5. The molecule has 0 saturated carbocycles. The quantitative estimate of drug-likeness (QED) is 0.122. The van der Waals surface area contributed by atoms with Crippen LogP contribution >= 0.6 is 0 Å². The van der Waals surface area contributed by atoms with E-state index >= 15 is 0 Å². The lowest BCUT2D eigenvalue weighted by molar-refractivity contribution is -0.155. The fourth-order valence-corrected chi connectivity index (χ4v) is 9.54. The molecule has 2 aromatic heterocycles. The van der Waals surface area contributed by atoms with Gasteiger partial charge in [0, 0.05) is 68.2 Å². The fraction of sp³-hybridized carbons (Fsp3) is 0.520. The number of hydrazine groups is 1. The van der Waals surface area contributed by atoms with Crippen LogP contribution in [0.15, 0.2) is 54.7 Å². The second-order valence-electron chi connectivity index (χ2n) is 19.5. The third kappa shape index (κ3) is 9.91. The number of benzene rings is 2. The van der Waals surface area contributed by atoms with Crippen molar-refractivity contribution in [3.05, 3.63) is 71.5 Å². The lowest BCUT2D eigenvalue weighted by atomic mass is 9.83. The van der Waals surface area contributed by atoms with E-state index in [0.29, 0.717) is 37.9 Å². The van der Waals surface area contributed by atoms with Crippen LogP contribution in [0.1, 0.15) is 91.0 Å². The Bertz CT molecular complexity index is 2470. The van der Waals surface area contributed by atoms with Gasteiger partial charge in [0.1, 0.15) is 29.9 Å². The second-order valence-corrected chi connectivity index (χ2v) is 19.5. The van der Waals surface area contributed by atoms with Gasteiger partial charge in [-0.25, -0.2) is 5.43 Å². The number of aryl methyl sites for hydroxylation is 1. The van der Waals surface area contributed by atoms with Crippen molar-refractivity contribution in [3.8, 4) is 28.1 Å². The molecule has 6 bridgehead atoms. The summed E-state index contributed by atoms with van der Waals surface area (Å²) >= 11 is 0. The molecule has 4 aromatic rings. The van der Waals surface area contributed by atoms with E-state index in [2.05, 4.69) is 73.4 Å². The maximum Gasteiger partial charge on any atom is 0.324 e. The predicted octanol–water partition coefficient (Wildman–Crippen LogP) is 5.17. The number of carbonyl (C=O) groups is 5. The van der Waals surface area contributed by atoms with Crippen LogP contribution in [-0.4, -0.2) is 123 Å². The lowest BCUT2D eigenvalue weighted by Gasteiger charge is -2.37. The highest BCUT2D eigenvalue weighted by Gasteiger charge is 2.40. The van der Waals surface area contributed by atoms with Crippen LogP contribution in [0.3, 0.4) is 0 Å². The van der Waals surface area contributed by atoms with E-state index in [1.54, 1.807) is 26.1 Å². The van der Waals surface area contributed by atoms with Crippen molar-refractivity contribution in [3.63, 3.8) is 0 Å². The Morgan fingerprint density at radius 1 is 1.02 bits per heavy atom. The summed E-state index contributed by atoms with van der Waals surface area (Å²) in [7, 11) is 3.11. The number of aromatic nitrogens is 2. The number of rotatable bonds is 10. The van der Waals surface area contributed by atoms with Crippen molar-refractivity contribution in [1.29, 1.82) is 0 Å². The molecule has 15 heteroatoms. The van der Waals surface area contributed by atoms with Crippen molar-refractivity contribution in [2.75, 3.05) is 33.8 Å². The highest BCUT2D eigenvalue weighted by atomic mass is 16.5. The zero-order valence-corrected chi connectivity index (χ0v) is 39.5. The summed E-state index contributed by atoms with van der Waals surface area (Å²) in [6, 6.07) is 11.5. The molecule has 5 heterocycles. The molecule has 3 aliphatic heterocycles. The number of nitrogens with one attached hydrogen (secondary N) is 3. The SMILES string of the molecule is CCn1c(-c2cccnc2C(C)C)c2c3cc(ccc31)-c1cc(O)cc(c1)C[C@H](NC(=O)[C@H](C(C)C)N(C)C(=O)[C@@H](C)N(C)C(=O)[C@H]1CN1)C(=O)N1CCC[C@H](N1)C(=O)OCC(C)(C)C2. The summed E-state index contributed by atoms with van der Waals surface area (Å²) in [6.07, 6.45) is 3.35. The van der Waals surface area contributed by atoms with E-state index in [1.165, 1.54) is 21.9 Å². The first-order chi connectivity index (χ1) is 30.8. The zero-order valence-electron chi connectivity index (χ0n) is 39.5. The summed E-state index contributed by atoms with van der Waals surface area (Å²) < 4.78 is 8.43. The standard InChI is InChI=1S/C50H66N8O7/c1-11-57-41-17-16-32-24-36(41)37(44(57)35-14-12-18-51-42(35)28(2)3)25-50(7,8)27-65-49(64)38-15-13-19-58(54-38)48(63)39(22-31-20-33(32)23-34(59)21-31)53-45(60)43(29(4)5)56(10)46(61)30(6)55(9)47(62)40-26-52-40/h12,14,16-18,20-21,23-24,28-30,38-40,43,52,54,59H,11,13,15,19,22,25-27H2,1-10H3,(H,53,60)/t30-,38+,39+,40-,43+/m1/s1. The molecule has 65 heavy (non-hydrogen) atoms. The normalized spacial score (nSPS) is 20.8. The Kier molecular flexibility index (Phi) is 13.8. The van der Waals surface area contributed by atoms with E-state index in [-0.39, 0.29) is 49.1 Å². The number of fused-ring (bicyclic) bond motifs is 6. The van der Waals surface area contributed by atoms with Crippen LogP contribution in [0.2, 0.25) is 0 Å². The lowest BCUT2D eigenvalue weighted by Crippen LogP contribution is -2.62. The van der Waals surface area contributed by atoms with Crippen molar-refractivity contribution < 1.29 is 33.8 Å². The molecule has 4 N–H and O–H groups in total. The van der Waals surface area contributed by atoms with E-state index in [1.807, 2.05) is 38.2 Å². The Morgan fingerprint density at radius 2 is 1.75 bits per heavy atom. The van der Waals surface area contributed by atoms with Crippen molar-refractivity contribution in [2.24, 2.45) is 11.3 Å². The van der Waals surface area contributed by atoms with Gasteiger partial charge in [-0.1, -0.05) is 53.7 Å². The van der Waals surface area contributed by atoms with Crippen LogP contribution in [0.25, 0.3) is 33.3 Å². The zero-order chi connectivity index (χ0) is 47.1. The third-order valence-corrected chi connectivity index (χ3v) is 13.1. The number of nitrogens with zero attached hydrogens (tertiary/aromatic N) is 5. The smallest absolute Gasteiger partial charge is 0.324 e. The molecule has 4 amide bonds. The van der Waals surface area contributed by atoms with Gasteiger partial charge in [-0.2, -0.15) is 0 Å². The molecular weight excluding hydrogens is 825 g/mol.